The predicted molar refractivity (Wildman–Crippen MR) is 70.1 cm³/mol. The second-order valence-electron chi connectivity index (χ2n) is 3.00. The Hall–Kier alpha value is -1.29. The number of hydrogen-bond acceptors (Lipinski definition) is 3. The van der Waals surface area contributed by atoms with Crippen LogP contribution in [0.3, 0.4) is 0 Å². The number of nitrogens with one attached hydrogen (secondary N) is 1. The zero-order chi connectivity index (χ0) is 14.5. The molecule has 0 saturated heterocycles. The van der Waals surface area contributed by atoms with Crippen molar-refractivity contribution < 1.29 is 28.7 Å². The maximum Gasteiger partial charge on any atom is 0.282 e. The number of carbonyl (C=O) groups is 1. The molecule has 2 heterocycles. The number of carboxylic acid groups (broad SMARTS) is 1. The molecule has 104 valence electrons. The molecule has 2 aromatic heterocycles. The van der Waals surface area contributed by atoms with Gasteiger partial charge in [-0.1, -0.05) is 18.7 Å². The normalized spacial score (nSPS) is 8.42. The summed E-state index contributed by atoms with van der Waals surface area (Å²) in [6.07, 6.45) is 3.54. The van der Waals surface area contributed by atoms with Crippen molar-refractivity contribution in [1.82, 2.24) is 9.97 Å². The topological polar surface area (TPSA) is 86.9 Å². The first kappa shape index (κ1) is 17.7. The Morgan fingerprint density at radius 2 is 1.47 bits per heavy atom. The van der Waals surface area contributed by atoms with E-state index in [-0.39, 0.29) is 0 Å². The average molecular weight is 461 g/mol. The third kappa shape index (κ3) is 8.43. The van der Waals surface area contributed by atoms with Crippen LogP contribution in [-0.2, 0) is 23.6 Å². The van der Waals surface area contributed by atoms with Crippen LogP contribution in [0, 0.1) is 0 Å². The third-order valence-corrected chi connectivity index (χ3v) is 1.74. The standard InChI is InChI=1S/C10H8N2.C2H4NO2.ClH.Pt/c1-3-7-11-9(5-1)10-6-2-4-8-12-10;3-1-2(4)5;;/h1-8H;3H,1H2,(H,4,5);1H;/q;-1;;+2/p-1. The van der Waals surface area contributed by atoms with Crippen LogP contribution in [-0.4, -0.2) is 27.6 Å². The first-order chi connectivity index (χ1) is 9.24. The number of rotatable bonds is 2. The van der Waals surface area contributed by atoms with E-state index in [0.717, 1.165) is 11.4 Å². The van der Waals surface area contributed by atoms with E-state index in [0.29, 0.717) is 0 Å². The van der Waals surface area contributed by atoms with Gasteiger partial charge in [0, 0.05) is 12.4 Å². The maximum atomic E-state index is 9.18. The van der Waals surface area contributed by atoms with E-state index in [4.69, 9.17) is 10.8 Å². The molecule has 0 atom stereocenters. The number of aromatic nitrogens is 2. The number of pyridine rings is 2. The molecule has 19 heavy (non-hydrogen) atoms. The van der Waals surface area contributed by atoms with E-state index in [9.17, 15) is 4.79 Å². The quantitative estimate of drug-likeness (QED) is 0.746. The Labute approximate surface area is 126 Å². The SMILES string of the molecule is [Cl][Pt+].[NH-]CC(=O)O.c1ccc(-c2ccccn2)nc1. The van der Waals surface area contributed by atoms with Crippen LogP contribution >= 0.6 is 9.42 Å². The van der Waals surface area contributed by atoms with Crippen molar-refractivity contribution in [3.05, 3.63) is 54.5 Å². The fourth-order valence-corrected chi connectivity index (χ4v) is 1.03. The van der Waals surface area contributed by atoms with Crippen LogP contribution in [0.2, 0.25) is 0 Å². The molecule has 0 spiro atoms. The van der Waals surface area contributed by atoms with Gasteiger partial charge in [0.1, 0.15) is 0 Å². The fourth-order valence-electron chi connectivity index (χ4n) is 1.03. The van der Waals surface area contributed by atoms with Gasteiger partial charge in [-0.25, -0.2) is 0 Å². The summed E-state index contributed by atoms with van der Waals surface area (Å²) in [5.41, 5.74) is 7.89. The van der Waals surface area contributed by atoms with E-state index in [1.54, 1.807) is 31.2 Å². The summed E-state index contributed by atoms with van der Waals surface area (Å²) in [7, 11) is 4.61. The van der Waals surface area contributed by atoms with Crippen molar-refractivity contribution in [2.75, 3.05) is 6.54 Å². The Bertz CT molecular complexity index is 420. The molecule has 0 aliphatic heterocycles. The first-order valence-corrected chi connectivity index (χ1v) is 7.86. The van der Waals surface area contributed by atoms with Gasteiger partial charge in [0.15, 0.2) is 0 Å². The minimum Gasteiger partial charge on any atom is -0.668 e. The van der Waals surface area contributed by atoms with E-state index >= 15 is 0 Å². The monoisotopic (exact) mass is 460 g/mol. The average Bonchev–Trinajstić information content (AvgIpc) is 2.51. The van der Waals surface area contributed by atoms with Crippen molar-refractivity contribution in [3.63, 3.8) is 0 Å². The summed E-state index contributed by atoms with van der Waals surface area (Å²) >= 11 is 1.61. The molecule has 0 unspecified atom stereocenters. The van der Waals surface area contributed by atoms with Gasteiger partial charge in [0.05, 0.1) is 11.4 Å². The van der Waals surface area contributed by atoms with Crippen LogP contribution in [0.1, 0.15) is 0 Å². The summed E-state index contributed by atoms with van der Waals surface area (Å²) in [5, 5.41) is 7.53. The van der Waals surface area contributed by atoms with Crippen LogP contribution in [0.5, 0.6) is 0 Å². The van der Waals surface area contributed by atoms with E-state index in [1.807, 2.05) is 36.4 Å². The molecule has 2 N–H and O–H groups in total. The molecule has 0 aliphatic rings. The third-order valence-electron chi connectivity index (χ3n) is 1.74. The molecule has 0 saturated carbocycles. The second-order valence-corrected chi connectivity index (χ2v) is 3.00. The smallest absolute Gasteiger partial charge is 0.282 e. The van der Waals surface area contributed by atoms with Crippen molar-refractivity contribution >= 4 is 15.4 Å². The number of halogens is 1. The molecule has 0 aliphatic carbocycles. The zero-order valence-electron chi connectivity index (χ0n) is 9.77. The van der Waals surface area contributed by atoms with Gasteiger partial charge in [0.25, 0.3) is 5.97 Å². The molecular formula is C12H12ClN3O2Pt. The van der Waals surface area contributed by atoms with E-state index < -0.39 is 12.5 Å². The number of nitrogens with zero attached hydrogens (tertiary/aromatic N) is 2. The summed E-state index contributed by atoms with van der Waals surface area (Å²) in [5.74, 6) is -1.08. The molecule has 5 nitrogen and oxygen atoms in total. The van der Waals surface area contributed by atoms with Crippen molar-refractivity contribution in [3.8, 4) is 11.4 Å². The maximum absolute atomic E-state index is 9.18. The van der Waals surface area contributed by atoms with Crippen LogP contribution < -0.4 is 0 Å². The molecule has 0 aromatic carbocycles. The Morgan fingerprint density at radius 3 is 1.68 bits per heavy atom. The summed E-state index contributed by atoms with van der Waals surface area (Å²) < 4.78 is 0. The minimum absolute atomic E-state index is 0.528. The Morgan fingerprint density at radius 1 is 1.11 bits per heavy atom. The largest absolute Gasteiger partial charge is 0.668 e. The summed E-state index contributed by atoms with van der Waals surface area (Å²) in [6.45, 7) is -0.528. The van der Waals surface area contributed by atoms with E-state index in [1.165, 1.54) is 0 Å². The van der Waals surface area contributed by atoms with Gasteiger partial charge >= 0.3 is 28.2 Å². The van der Waals surface area contributed by atoms with Crippen LogP contribution in [0.15, 0.2) is 48.8 Å². The van der Waals surface area contributed by atoms with E-state index in [2.05, 4.69) is 19.4 Å². The van der Waals surface area contributed by atoms with Gasteiger partial charge in [-0.2, -0.15) is 0 Å². The number of aliphatic carboxylic acids is 1. The molecule has 0 radical (unpaired) electrons. The van der Waals surface area contributed by atoms with Crippen molar-refractivity contribution in [1.29, 1.82) is 0 Å². The fraction of sp³-hybridized carbons (Fsp3) is 0.0833. The van der Waals surface area contributed by atoms with Crippen molar-refractivity contribution in [2.24, 2.45) is 0 Å². The molecular weight excluding hydrogens is 449 g/mol. The Kier molecular flexibility index (Phi) is 11.0. The molecule has 2 aromatic rings. The summed E-state index contributed by atoms with van der Waals surface area (Å²) in [4.78, 5) is 17.6. The number of carboxylic acids is 1. The van der Waals surface area contributed by atoms with Crippen molar-refractivity contribution in [2.45, 2.75) is 0 Å². The van der Waals surface area contributed by atoms with Gasteiger partial charge in [0.2, 0.25) is 0 Å². The predicted octanol–water partition coefficient (Wildman–Crippen LogP) is 2.95. The molecule has 0 amide bonds. The molecule has 0 fully saturated rings. The molecule has 2 rings (SSSR count). The van der Waals surface area contributed by atoms with Crippen LogP contribution in [0.4, 0.5) is 0 Å². The Balaban J connectivity index is 0.000000396. The molecule has 0 bridgehead atoms. The first-order valence-electron chi connectivity index (χ1n) is 5.05. The second kappa shape index (κ2) is 11.8. The van der Waals surface area contributed by atoms with Crippen LogP contribution in [0.25, 0.3) is 17.1 Å². The number of hydrogen-bond donors (Lipinski definition) is 1. The molecule has 7 heteroatoms. The minimum atomic E-state index is -1.08. The van der Waals surface area contributed by atoms with Gasteiger partial charge in [-0.3, -0.25) is 14.8 Å². The van der Waals surface area contributed by atoms with Gasteiger partial charge in [-0.05, 0) is 24.3 Å². The van der Waals surface area contributed by atoms with Gasteiger partial charge < -0.3 is 10.8 Å². The zero-order valence-corrected chi connectivity index (χ0v) is 12.8. The van der Waals surface area contributed by atoms with Gasteiger partial charge in [-0.15, -0.1) is 0 Å². The summed E-state index contributed by atoms with van der Waals surface area (Å²) in [6, 6.07) is 11.6.